The minimum atomic E-state index is -4.69. The van der Waals surface area contributed by atoms with E-state index in [9.17, 15) is 26.7 Å². The van der Waals surface area contributed by atoms with Crippen LogP contribution < -0.4 is 14.8 Å². The van der Waals surface area contributed by atoms with Gasteiger partial charge >= 0.3 is 18.9 Å². The normalized spacial score (nSPS) is 20.0. The van der Waals surface area contributed by atoms with E-state index < -0.39 is 18.9 Å². The molecule has 2 aromatic carbocycles. The van der Waals surface area contributed by atoms with E-state index in [-0.39, 0.29) is 17.2 Å². The second-order valence-electron chi connectivity index (χ2n) is 9.76. The fourth-order valence-corrected chi connectivity index (χ4v) is 4.96. The van der Waals surface area contributed by atoms with Crippen molar-refractivity contribution in [2.24, 2.45) is 24.8 Å². The summed E-state index contributed by atoms with van der Waals surface area (Å²) in [6, 6.07) is 12.7. The topological polar surface area (TPSA) is 88.9 Å². The number of aryl methyl sites for hydroxylation is 1. The molecule has 2 heterocycles. The molecule has 13 heteroatoms. The first-order chi connectivity index (χ1) is 19.0. The van der Waals surface area contributed by atoms with E-state index in [1.165, 1.54) is 24.7 Å². The van der Waals surface area contributed by atoms with Crippen LogP contribution in [0.3, 0.4) is 0 Å². The van der Waals surface area contributed by atoms with Crippen molar-refractivity contribution in [3.05, 3.63) is 77.9 Å². The molecule has 8 nitrogen and oxygen atoms in total. The summed E-state index contributed by atoms with van der Waals surface area (Å²) in [7, 11) is 1.72. The highest BCUT2D eigenvalue weighted by atomic mass is 19.4. The number of fused-ring (bicyclic) bond motifs is 1. The lowest BCUT2D eigenvalue weighted by molar-refractivity contribution is -0.274. The van der Waals surface area contributed by atoms with E-state index in [0.717, 1.165) is 37.3 Å². The molecule has 40 heavy (non-hydrogen) atoms. The van der Waals surface area contributed by atoms with Crippen LogP contribution in [-0.4, -0.2) is 58.1 Å². The molecule has 2 atom stereocenters. The maximum Gasteiger partial charge on any atom is 0.573 e. The number of hydrogen-bond acceptors (Lipinski definition) is 6. The summed E-state index contributed by atoms with van der Waals surface area (Å²) in [4.78, 5) is 16.1. The number of halogens is 5. The Morgan fingerprint density at radius 2 is 1.80 bits per heavy atom. The lowest BCUT2D eigenvalue weighted by Gasteiger charge is -2.20. The number of piperidine rings is 1. The number of carboxylic acid groups (broad SMARTS) is 1. The van der Waals surface area contributed by atoms with Gasteiger partial charge in [0.25, 0.3) is 0 Å². The van der Waals surface area contributed by atoms with Crippen LogP contribution in [0, 0.1) is 17.8 Å². The first-order valence-corrected chi connectivity index (χ1v) is 12.5. The molecule has 0 radical (unpaired) electrons. The molecule has 0 spiro atoms. The van der Waals surface area contributed by atoms with Crippen molar-refractivity contribution in [1.29, 1.82) is 0 Å². The monoisotopic (exact) mass is 568 g/mol. The first-order valence-electron chi connectivity index (χ1n) is 12.5. The first kappa shape index (κ1) is 29.3. The maximum atomic E-state index is 12.3. The summed E-state index contributed by atoms with van der Waals surface area (Å²) in [6.45, 7) is 1.24. The minimum Gasteiger partial charge on any atom is -0.476 e. The Balaban J connectivity index is 0.000000350. The third kappa shape index (κ3) is 8.65. The van der Waals surface area contributed by atoms with Gasteiger partial charge in [-0.1, -0.05) is 24.3 Å². The van der Waals surface area contributed by atoms with Crippen molar-refractivity contribution in [2.45, 2.75) is 26.1 Å². The minimum absolute atomic E-state index is 0.0810. The molecule has 1 aromatic heterocycles. The van der Waals surface area contributed by atoms with Crippen LogP contribution in [-0.2, 0) is 20.1 Å². The Hall–Kier alpha value is -3.71. The lowest BCUT2D eigenvalue weighted by atomic mass is 10.2. The summed E-state index contributed by atoms with van der Waals surface area (Å²) in [5.74, 6) is 0.773. The number of alkyl halides is 5. The molecule has 2 fully saturated rings. The third-order valence-electron chi connectivity index (χ3n) is 6.77. The molecule has 2 aliphatic rings. The molecule has 1 aliphatic heterocycles. The van der Waals surface area contributed by atoms with E-state index >= 15 is 0 Å². The predicted molar refractivity (Wildman–Crippen MR) is 134 cm³/mol. The van der Waals surface area contributed by atoms with Gasteiger partial charge in [-0.3, -0.25) is 4.90 Å². The number of hydrogen-bond donors (Lipinski definition) is 2. The van der Waals surface area contributed by atoms with Crippen LogP contribution in [0.5, 0.6) is 11.5 Å². The summed E-state index contributed by atoms with van der Waals surface area (Å²) in [6.07, 6.45) is -1.79. The van der Waals surface area contributed by atoms with Gasteiger partial charge in [0.1, 0.15) is 11.5 Å². The average molecular weight is 569 g/mol. The summed E-state index contributed by atoms with van der Waals surface area (Å²) >= 11 is 0. The van der Waals surface area contributed by atoms with Gasteiger partial charge in [0.15, 0.2) is 5.69 Å². The Morgan fingerprint density at radius 1 is 1.10 bits per heavy atom. The smallest absolute Gasteiger partial charge is 0.476 e. The van der Waals surface area contributed by atoms with Crippen LogP contribution in [0.4, 0.5) is 22.0 Å². The largest absolute Gasteiger partial charge is 0.573 e. The lowest BCUT2D eigenvalue weighted by Crippen LogP contribution is -2.27. The van der Waals surface area contributed by atoms with E-state index in [2.05, 4.69) is 24.7 Å². The number of imidazole rings is 1. The fraction of sp³-hybridized carbons (Fsp3) is 0.407. The van der Waals surface area contributed by atoms with Crippen molar-refractivity contribution in [1.82, 2.24) is 19.8 Å². The van der Waals surface area contributed by atoms with Crippen LogP contribution in [0.15, 0.2) is 61.1 Å². The Labute approximate surface area is 227 Å². The van der Waals surface area contributed by atoms with Crippen LogP contribution in [0.25, 0.3) is 0 Å². The van der Waals surface area contributed by atoms with E-state index in [0.29, 0.717) is 24.3 Å². The molecular weight excluding hydrogens is 539 g/mol. The van der Waals surface area contributed by atoms with Gasteiger partial charge in [0, 0.05) is 39.4 Å². The molecule has 2 N–H and O–H groups in total. The molecule has 5 rings (SSSR count). The number of aromatic nitrogens is 2. The third-order valence-corrected chi connectivity index (χ3v) is 6.77. The van der Waals surface area contributed by atoms with Crippen molar-refractivity contribution in [3.8, 4) is 11.5 Å². The molecule has 1 aliphatic carbocycles. The zero-order valence-electron chi connectivity index (χ0n) is 21.5. The molecule has 216 valence electrons. The standard InChI is InChI=1S/C22H23F5N2O2.C5H6N2O2/c23-21(24)30-16-6-4-14(5-7-16)11-29-12-19-18(20(19)13-29)10-28-9-15-2-1-3-17(8-15)31-22(25,26)27;1-7-2-4(5(8)9)6-3-7/h1-8,18-21,28H,9-13H2;2-3H,1H3,(H,8,9). The number of nitrogens with zero attached hydrogens (tertiary/aromatic N) is 3. The zero-order valence-corrected chi connectivity index (χ0v) is 21.5. The average Bonchev–Trinajstić information content (AvgIpc) is 3.19. The Kier molecular flexibility index (Phi) is 9.25. The second kappa shape index (κ2) is 12.6. The van der Waals surface area contributed by atoms with Gasteiger partial charge in [-0.2, -0.15) is 8.78 Å². The number of likely N-dealkylation sites (tertiary alicyclic amines) is 1. The van der Waals surface area contributed by atoms with Crippen LogP contribution in [0.2, 0.25) is 0 Å². The molecule has 2 unspecified atom stereocenters. The highest BCUT2D eigenvalue weighted by Gasteiger charge is 2.54. The van der Waals surface area contributed by atoms with Crippen molar-refractivity contribution in [3.63, 3.8) is 0 Å². The van der Waals surface area contributed by atoms with E-state index in [4.69, 9.17) is 5.11 Å². The summed E-state index contributed by atoms with van der Waals surface area (Å²) in [5.41, 5.74) is 1.88. The van der Waals surface area contributed by atoms with Gasteiger partial charge in [-0.25, -0.2) is 9.78 Å². The molecule has 3 aromatic rings. The predicted octanol–water partition coefficient (Wildman–Crippen LogP) is 4.77. The molecule has 1 saturated carbocycles. The number of benzene rings is 2. The van der Waals surface area contributed by atoms with Gasteiger partial charge in [-0.15, -0.1) is 13.2 Å². The number of nitrogens with one attached hydrogen (secondary N) is 1. The molecule has 0 amide bonds. The quantitative estimate of drug-likeness (QED) is 0.341. The maximum absolute atomic E-state index is 12.3. The number of rotatable bonds is 10. The Morgan fingerprint density at radius 3 is 2.35 bits per heavy atom. The van der Waals surface area contributed by atoms with Crippen molar-refractivity contribution < 1.29 is 41.3 Å². The molecular formula is C27H29F5N4O4. The van der Waals surface area contributed by atoms with E-state index in [1.807, 2.05) is 0 Å². The number of ether oxygens (including phenoxy) is 2. The fourth-order valence-electron chi connectivity index (χ4n) is 4.96. The number of carbonyl (C=O) groups is 1. The van der Waals surface area contributed by atoms with E-state index in [1.54, 1.807) is 48.0 Å². The highest BCUT2D eigenvalue weighted by molar-refractivity contribution is 5.84. The zero-order chi connectivity index (χ0) is 28.9. The second-order valence-corrected chi connectivity index (χ2v) is 9.76. The van der Waals surface area contributed by atoms with Gasteiger partial charge in [0.2, 0.25) is 0 Å². The van der Waals surface area contributed by atoms with Gasteiger partial charge < -0.3 is 24.5 Å². The van der Waals surface area contributed by atoms with Gasteiger partial charge in [-0.05, 0) is 59.7 Å². The molecule has 0 bridgehead atoms. The highest BCUT2D eigenvalue weighted by Crippen LogP contribution is 2.51. The van der Waals surface area contributed by atoms with Gasteiger partial charge in [0.05, 0.1) is 6.33 Å². The SMILES string of the molecule is Cn1cnc(C(=O)O)c1.FC(F)Oc1ccc(CN2CC3C(CNCc4cccc(OC(F)(F)F)c4)C3C2)cc1. The Bertz CT molecular complexity index is 1260. The molecule has 1 saturated heterocycles. The summed E-state index contributed by atoms with van der Waals surface area (Å²) < 4.78 is 71.3. The number of aromatic carboxylic acids is 1. The number of carboxylic acids is 1. The van der Waals surface area contributed by atoms with Crippen LogP contribution >= 0.6 is 0 Å². The van der Waals surface area contributed by atoms with Crippen LogP contribution in [0.1, 0.15) is 21.6 Å². The van der Waals surface area contributed by atoms with Crippen molar-refractivity contribution >= 4 is 5.97 Å². The summed E-state index contributed by atoms with van der Waals surface area (Å²) in [5, 5.41) is 11.7. The van der Waals surface area contributed by atoms with Crippen molar-refractivity contribution in [2.75, 3.05) is 19.6 Å².